The number of fused-ring (bicyclic) bond motifs is 1. The molecule has 1 aromatic carbocycles. The number of halogens is 1. The van der Waals surface area contributed by atoms with Crippen LogP contribution >= 0.6 is 11.6 Å². The fourth-order valence-corrected chi connectivity index (χ4v) is 3.44. The Morgan fingerprint density at radius 3 is 2.35 bits per heavy atom. The molecule has 0 spiro atoms. The van der Waals surface area contributed by atoms with Gasteiger partial charge in [0, 0.05) is 5.02 Å². The Kier molecular flexibility index (Phi) is 4.43. The summed E-state index contributed by atoms with van der Waals surface area (Å²) in [5.41, 5.74) is 0.265. The first kappa shape index (κ1) is 15.4. The predicted octanol–water partition coefficient (Wildman–Crippen LogP) is 5.14. The summed E-state index contributed by atoms with van der Waals surface area (Å²) < 4.78 is 6.29. The fraction of sp³-hybridized carbons (Fsp3) is 0.588. The van der Waals surface area contributed by atoms with Gasteiger partial charge in [-0.15, -0.1) is 0 Å². The van der Waals surface area contributed by atoms with Crippen LogP contribution in [0.25, 0.3) is 0 Å². The third-order valence-electron chi connectivity index (χ3n) is 3.61. The van der Waals surface area contributed by atoms with E-state index >= 15 is 0 Å². The van der Waals surface area contributed by atoms with Gasteiger partial charge in [-0.3, -0.25) is 4.79 Å². The van der Waals surface area contributed by atoms with Crippen molar-refractivity contribution in [3.8, 4) is 5.75 Å². The van der Waals surface area contributed by atoms with Crippen LogP contribution in [0.4, 0.5) is 0 Å². The monoisotopic (exact) mass is 294 g/mol. The quantitative estimate of drug-likeness (QED) is 0.769. The minimum absolute atomic E-state index is 0.148. The van der Waals surface area contributed by atoms with Gasteiger partial charge < -0.3 is 4.74 Å². The minimum Gasteiger partial charge on any atom is -0.486 e. The summed E-state index contributed by atoms with van der Waals surface area (Å²) >= 11 is 5.97. The number of hydrogen-bond acceptors (Lipinski definition) is 2. The van der Waals surface area contributed by atoms with Gasteiger partial charge in [0.1, 0.15) is 11.4 Å². The van der Waals surface area contributed by atoms with Gasteiger partial charge in [0.15, 0.2) is 5.78 Å². The molecule has 2 nitrogen and oxygen atoms in total. The smallest absolute Gasteiger partial charge is 0.170 e. The second kappa shape index (κ2) is 5.77. The first-order chi connectivity index (χ1) is 9.31. The topological polar surface area (TPSA) is 26.3 Å². The molecule has 1 aliphatic rings. The number of carbonyl (C=O) groups is 1. The molecule has 0 saturated carbocycles. The molecule has 0 aliphatic carbocycles. The maximum atomic E-state index is 12.5. The highest BCUT2D eigenvalue weighted by atomic mass is 35.5. The molecule has 0 amide bonds. The molecule has 0 aromatic heterocycles. The van der Waals surface area contributed by atoms with E-state index < -0.39 is 0 Å². The molecular formula is C17H23ClO2. The third-order valence-corrected chi connectivity index (χ3v) is 3.85. The van der Waals surface area contributed by atoms with Gasteiger partial charge in [-0.1, -0.05) is 39.3 Å². The fourth-order valence-electron chi connectivity index (χ4n) is 3.27. The second-order valence-corrected chi connectivity index (χ2v) is 7.16. The van der Waals surface area contributed by atoms with Crippen LogP contribution in [0.5, 0.6) is 5.75 Å². The van der Waals surface area contributed by atoms with Crippen LogP contribution in [0.2, 0.25) is 5.02 Å². The summed E-state index contributed by atoms with van der Waals surface area (Å²) in [6.07, 6.45) is 2.26. The SMILES string of the molecule is CC(C)CC1(CC(C)C)CC(=O)c2cc(Cl)ccc2O1. The molecule has 1 aromatic rings. The van der Waals surface area contributed by atoms with Crippen LogP contribution in [-0.2, 0) is 0 Å². The molecule has 1 heterocycles. The number of ether oxygens (including phenoxy) is 1. The summed E-state index contributed by atoms with van der Waals surface area (Å²) in [6.45, 7) is 8.70. The first-order valence-electron chi connectivity index (χ1n) is 7.33. The van der Waals surface area contributed by atoms with E-state index in [4.69, 9.17) is 16.3 Å². The highest BCUT2D eigenvalue weighted by Gasteiger charge is 2.41. The lowest BCUT2D eigenvalue weighted by atomic mass is 9.78. The summed E-state index contributed by atoms with van der Waals surface area (Å²) in [7, 11) is 0. The van der Waals surface area contributed by atoms with E-state index in [1.165, 1.54) is 0 Å². The lowest BCUT2D eigenvalue weighted by molar-refractivity contribution is 0.0106. The van der Waals surface area contributed by atoms with Crippen molar-refractivity contribution in [2.24, 2.45) is 11.8 Å². The molecule has 3 heteroatoms. The standard InChI is InChI=1S/C17H23ClO2/c1-11(2)8-17(9-12(3)4)10-15(19)14-7-13(18)5-6-16(14)20-17/h5-7,11-12H,8-10H2,1-4H3. The molecule has 20 heavy (non-hydrogen) atoms. The summed E-state index contributed by atoms with van der Waals surface area (Å²) in [4.78, 5) is 12.5. The van der Waals surface area contributed by atoms with E-state index in [-0.39, 0.29) is 11.4 Å². The molecule has 0 atom stereocenters. The second-order valence-electron chi connectivity index (χ2n) is 6.72. The van der Waals surface area contributed by atoms with E-state index in [2.05, 4.69) is 27.7 Å². The number of ketones is 1. The summed E-state index contributed by atoms with van der Waals surface area (Å²) in [5.74, 6) is 1.83. The van der Waals surface area contributed by atoms with Gasteiger partial charge in [-0.2, -0.15) is 0 Å². The minimum atomic E-state index is -0.361. The van der Waals surface area contributed by atoms with Crippen molar-refractivity contribution in [2.45, 2.75) is 52.6 Å². The van der Waals surface area contributed by atoms with E-state index in [1.54, 1.807) is 12.1 Å². The Labute approximate surface area is 126 Å². The number of benzene rings is 1. The lowest BCUT2D eigenvalue weighted by Gasteiger charge is -2.40. The Bertz CT molecular complexity index is 496. The van der Waals surface area contributed by atoms with Gasteiger partial charge >= 0.3 is 0 Å². The van der Waals surface area contributed by atoms with Crippen molar-refractivity contribution in [1.29, 1.82) is 0 Å². The van der Waals surface area contributed by atoms with Crippen molar-refractivity contribution in [1.82, 2.24) is 0 Å². The van der Waals surface area contributed by atoms with Gasteiger partial charge in [0.05, 0.1) is 12.0 Å². The van der Waals surface area contributed by atoms with Crippen molar-refractivity contribution in [3.05, 3.63) is 28.8 Å². The Hall–Kier alpha value is -1.02. The zero-order valence-electron chi connectivity index (χ0n) is 12.7. The van der Waals surface area contributed by atoms with Gasteiger partial charge in [-0.25, -0.2) is 0 Å². The zero-order valence-corrected chi connectivity index (χ0v) is 13.5. The van der Waals surface area contributed by atoms with Crippen LogP contribution in [0, 0.1) is 11.8 Å². The number of carbonyl (C=O) groups excluding carboxylic acids is 1. The summed E-state index contributed by atoms with van der Waals surface area (Å²) in [6, 6.07) is 5.33. The predicted molar refractivity (Wildman–Crippen MR) is 82.7 cm³/mol. The zero-order chi connectivity index (χ0) is 14.9. The van der Waals surface area contributed by atoms with E-state index in [0.717, 1.165) is 12.8 Å². The number of rotatable bonds is 4. The molecule has 0 fully saturated rings. The third kappa shape index (κ3) is 3.35. The van der Waals surface area contributed by atoms with Gasteiger partial charge in [0.2, 0.25) is 0 Å². The number of Topliss-reactive ketones (excluding diaryl/α,β-unsaturated/α-hetero) is 1. The van der Waals surface area contributed by atoms with Crippen molar-refractivity contribution in [2.75, 3.05) is 0 Å². The molecule has 0 saturated heterocycles. The molecule has 0 radical (unpaired) electrons. The molecule has 0 bridgehead atoms. The highest BCUT2D eigenvalue weighted by molar-refractivity contribution is 6.31. The highest BCUT2D eigenvalue weighted by Crippen LogP contribution is 2.41. The molecule has 2 rings (SSSR count). The van der Waals surface area contributed by atoms with Crippen LogP contribution in [0.3, 0.4) is 0 Å². The Morgan fingerprint density at radius 1 is 1.20 bits per heavy atom. The number of hydrogen-bond donors (Lipinski definition) is 0. The Balaban J connectivity index is 2.37. The van der Waals surface area contributed by atoms with Crippen LogP contribution in [0.1, 0.15) is 57.3 Å². The molecular weight excluding hydrogens is 272 g/mol. The molecule has 110 valence electrons. The van der Waals surface area contributed by atoms with E-state index in [9.17, 15) is 4.79 Å². The van der Waals surface area contributed by atoms with Crippen LogP contribution in [-0.4, -0.2) is 11.4 Å². The van der Waals surface area contributed by atoms with E-state index in [1.807, 2.05) is 6.07 Å². The van der Waals surface area contributed by atoms with Crippen molar-refractivity contribution < 1.29 is 9.53 Å². The average molecular weight is 295 g/mol. The Morgan fingerprint density at radius 2 is 1.80 bits per heavy atom. The lowest BCUT2D eigenvalue weighted by Crippen LogP contribution is -2.44. The normalized spacial score (nSPS) is 17.2. The van der Waals surface area contributed by atoms with Crippen LogP contribution < -0.4 is 4.74 Å². The molecule has 0 N–H and O–H groups in total. The maximum absolute atomic E-state index is 12.5. The molecule has 1 aliphatic heterocycles. The van der Waals surface area contributed by atoms with Crippen LogP contribution in [0.15, 0.2) is 18.2 Å². The van der Waals surface area contributed by atoms with Crippen molar-refractivity contribution in [3.63, 3.8) is 0 Å². The average Bonchev–Trinajstić information content (AvgIpc) is 2.28. The first-order valence-corrected chi connectivity index (χ1v) is 7.71. The maximum Gasteiger partial charge on any atom is 0.170 e. The molecule has 0 unspecified atom stereocenters. The summed E-state index contributed by atoms with van der Waals surface area (Å²) in [5, 5.41) is 0.584. The van der Waals surface area contributed by atoms with Gasteiger partial charge in [-0.05, 0) is 42.9 Å². The van der Waals surface area contributed by atoms with E-state index in [0.29, 0.717) is 34.6 Å². The van der Waals surface area contributed by atoms with Crippen molar-refractivity contribution >= 4 is 17.4 Å². The van der Waals surface area contributed by atoms with Gasteiger partial charge in [0.25, 0.3) is 0 Å². The largest absolute Gasteiger partial charge is 0.486 e.